The maximum absolute atomic E-state index is 14.3. The number of hydrogen-bond acceptors (Lipinski definition) is 3. The van der Waals surface area contributed by atoms with Crippen LogP contribution in [0.2, 0.25) is 0 Å². The van der Waals surface area contributed by atoms with E-state index in [1.165, 1.54) is 0 Å². The molecule has 3 aromatic carbocycles. The highest BCUT2D eigenvalue weighted by Crippen LogP contribution is 2.43. The van der Waals surface area contributed by atoms with Gasteiger partial charge in [-0.1, -0.05) is 42.5 Å². The number of benzene rings is 3. The Kier molecular flexibility index (Phi) is 5.80. The summed E-state index contributed by atoms with van der Waals surface area (Å²) in [4.78, 5) is 31.5. The molecule has 6 heteroatoms. The summed E-state index contributed by atoms with van der Waals surface area (Å²) < 4.78 is 7.52. The van der Waals surface area contributed by atoms with E-state index in [0.717, 1.165) is 46.8 Å². The lowest BCUT2D eigenvalue weighted by molar-refractivity contribution is -0.119. The number of carbonyl (C=O) groups is 2. The summed E-state index contributed by atoms with van der Waals surface area (Å²) in [5.74, 6) is 0.579. The molecule has 0 saturated heterocycles. The standard InChI is InChI=1S/C31H29N3O3/c1-21-8-3-4-9-25(21)31(36)33(23-15-16-23)20-29(35)34-27-11-6-5-10-26(27)32-19-7-12-28(32)30(34)22-13-17-24(37-2)18-14-22/h3-14,17-19,23,30H,15-16,20H2,1-2H3. The van der Waals surface area contributed by atoms with E-state index in [-0.39, 0.29) is 30.4 Å². The number of anilines is 1. The maximum atomic E-state index is 14.3. The number of aryl methyl sites for hydroxylation is 1. The highest BCUT2D eigenvalue weighted by Gasteiger charge is 2.40. The molecule has 4 aromatic rings. The third kappa shape index (κ3) is 4.08. The van der Waals surface area contributed by atoms with Crippen molar-refractivity contribution in [2.75, 3.05) is 18.6 Å². The normalized spacial score (nSPS) is 16.1. The minimum Gasteiger partial charge on any atom is -0.497 e. The number of para-hydroxylation sites is 2. The molecule has 1 saturated carbocycles. The van der Waals surface area contributed by atoms with Crippen molar-refractivity contribution >= 4 is 17.5 Å². The van der Waals surface area contributed by atoms with E-state index in [1.54, 1.807) is 12.0 Å². The Morgan fingerprint density at radius 2 is 1.59 bits per heavy atom. The number of methoxy groups -OCH3 is 1. The topological polar surface area (TPSA) is 54.8 Å². The van der Waals surface area contributed by atoms with E-state index < -0.39 is 0 Å². The van der Waals surface area contributed by atoms with Crippen molar-refractivity contribution < 1.29 is 14.3 Å². The molecule has 1 aliphatic heterocycles. The Labute approximate surface area is 216 Å². The molecule has 1 fully saturated rings. The van der Waals surface area contributed by atoms with Gasteiger partial charge in [0.25, 0.3) is 5.91 Å². The summed E-state index contributed by atoms with van der Waals surface area (Å²) in [6.07, 6.45) is 3.88. The molecule has 186 valence electrons. The van der Waals surface area contributed by atoms with Crippen LogP contribution in [0.4, 0.5) is 5.69 Å². The summed E-state index contributed by atoms with van der Waals surface area (Å²) in [6, 6.07) is 27.2. The summed E-state index contributed by atoms with van der Waals surface area (Å²) in [5.41, 5.74) is 5.33. The van der Waals surface area contributed by atoms with E-state index in [1.807, 2.05) is 96.9 Å². The highest BCUT2D eigenvalue weighted by atomic mass is 16.5. The van der Waals surface area contributed by atoms with Crippen molar-refractivity contribution in [3.05, 3.63) is 114 Å². The van der Waals surface area contributed by atoms with Crippen LogP contribution in [-0.2, 0) is 4.79 Å². The molecule has 2 heterocycles. The molecular formula is C31H29N3O3. The average Bonchev–Trinajstić information content (AvgIpc) is 3.66. The van der Waals surface area contributed by atoms with E-state index in [4.69, 9.17) is 4.74 Å². The summed E-state index contributed by atoms with van der Waals surface area (Å²) in [6.45, 7) is 1.97. The number of nitrogens with zero attached hydrogens (tertiary/aromatic N) is 3. The number of ether oxygens (including phenoxy) is 1. The van der Waals surface area contributed by atoms with Gasteiger partial charge >= 0.3 is 0 Å². The van der Waals surface area contributed by atoms with Crippen LogP contribution < -0.4 is 9.64 Å². The molecule has 1 aliphatic carbocycles. The van der Waals surface area contributed by atoms with Crippen LogP contribution in [0.5, 0.6) is 5.75 Å². The first-order valence-electron chi connectivity index (χ1n) is 12.7. The number of aromatic nitrogens is 1. The maximum Gasteiger partial charge on any atom is 0.254 e. The van der Waals surface area contributed by atoms with Crippen LogP contribution >= 0.6 is 0 Å². The quantitative estimate of drug-likeness (QED) is 0.356. The lowest BCUT2D eigenvalue weighted by Gasteiger charge is -2.39. The lowest BCUT2D eigenvalue weighted by atomic mass is 9.97. The molecule has 6 nitrogen and oxygen atoms in total. The Hall–Kier alpha value is -4.32. The summed E-state index contributed by atoms with van der Waals surface area (Å²) >= 11 is 0. The Morgan fingerprint density at radius 1 is 0.892 bits per heavy atom. The van der Waals surface area contributed by atoms with Gasteiger partial charge in [-0.15, -0.1) is 0 Å². The van der Waals surface area contributed by atoms with Crippen molar-refractivity contribution in [2.45, 2.75) is 31.8 Å². The average molecular weight is 492 g/mol. The smallest absolute Gasteiger partial charge is 0.254 e. The second-order valence-electron chi connectivity index (χ2n) is 9.71. The molecule has 37 heavy (non-hydrogen) atoms. The number of fused-ring (bicyclic) bond motifs is 3. The van der Waals surface area contributed by atoms with Crippen LogP contribution in [0.25, 0.3) is 5.69 Å². The molecule has 0 spiro atoms. The first-order chi connectivity index (χ1) is 18.1. The molecule has 2 aliphatic rings. The fraction of sp³-hybridized carbons (Fsp3) is 0.226. The minimum atomic E-state index is -0.335. The highest BCUT2D eigenvalue weighted by molar-refractivity contribution is 6.03. The van der Waals surface area contributed by atoms with Gasteiger partial charge in [0.05, 0.1) is 24.2 Å². The van der Waals surface area contributed by atoms with Crippen molar-refractivity contribution in [3.63, 3.8) is 0 Å². The zero-order chi connectivity index (χ0) is 25.5. The summed E-state index contributed by atoms with van der Waals surface area (Å²) in [5, 5.41) is 0. The monoisotopic (exact) mass is 491 g/mol. The number of amides is 2. The van der Waals surface area contributed by atoms with E-state index in [0.29, 0.717) is 5.56 Å². The van der Waals surface area contributed by atoms with Gasteiger partial charge in [0, 0.05) is 17.8 Å². The molecule has 1 atom stereocenters. The van der Waals surface area contributed by atoms with E-state index in [9.17, 15) is 9.59 Å². The first-order valence-corrected chi connectivity index (χ1v) is 12.7. The minimum absolute atomic E-state index is 0.0273. The van der Waals surface area contributed by atoms with Gasteiger partial charge in [-0.3, -0.25) is 14.5 Å². The van der Waals surface area contributed by atoms with Crippen LogP contribution in [0.3, 0.4) is 0 Å². The molecule has 0 bridgehead atoms. The largest absolute Gasteiger partial charge is 0.497 e. The molecule has 1 unspecified atom stereocenters. The number of carbonyl (C=O) groups excluding carboxylic acids is 2. The molecule has 0 radical (unpaired) electrons. The summed E-state index contributed by atoms with van der Waals surface area (Å²) in [7, 11) is 1.64. The van der Waals surface area contributed by atoms with Crippen molar-refractivity contribution in [3.8, 4) is 11.4 Å². The molecule has 2 amide bonds. The molecule has 0 N–H and O–H groups in total. The predicted octanol–water partition coefficient (Wildman–Crippen LogP) is 5.54. The van der Waals surface area contributed by atoms with Gasteiger partial charge in [-0.25, -0.2) is 0 Å². The Balaban J connectivity index is 1.41. The lowest BCUT2D eigenvalue weighted by Crippen LogP contribution is -2.47. The second kappa shape index (κ2) is 9.28. The van der Waals surface area contributed by atoms with Gasteiger partial charge in [-0.05, 0) is 73.4 Å². The van der Waals surface area contributed by atoms with E-state index >= 15 is 0 Å². The van der Waals surface area contributed by atoms with Gasteiger partial charge < -0.3 is 14.2 Å². The zero-order valence-corrected chi connectivity index (χ0v) is 21.0. The molecule has 6 rings (SSSR count). The van der Waals surface area contributed by atoms with Crippen molar-refractivity contribution in [1.82, 2.24) is 9.47 Å². The Bertz CT molecular complexity index is 1470. The first kappa shape index (κ1) is 23.1. The van der Waals surface area contributed by atoms with Crippen LogP contribution in [0, 0.1) is 6.92 Å². The number of hydrogen-bond donors (Lipinski definition) is 0. The van der Waals surface area contributed by atoms with Crippen LogP contribution in [0.1, 0.15) is 46.1 Å². The number of rotatable bonds is 6. The van der Waals surface area contributed by atoms with Crippen LogP contribution in [0.15, 0.2) is 91.1 Å². The molecule has 1 aromatic heterocycles. The molecular weight excluding hydrogens is 462 g/mol. The van der Waals surface area contributed by atoms with Gasteiger partial charge in [-0.2, -0.15) is 0 Å². The third-order valence-electron chi connectivity index (χ3n) is 7.35. The van der Waals surface area contributed by atoms with E-state index in [2.05, 4.69) is 10.6 Å². The second-order valence-corrected chi connectivity index (χ2v) is 9.71. The predicted molar refractivity (Wildman–Crippen MR) is 143 cm³/mol. The zero-order valence-electron chi connectivity index (χ0n) is 21.0. The SMILES string of the molecule is COc1ccc(C2c3cccn3-c3ccccc3N2C(=O)CN(C(=O)c2ccccc2C)C2CC2)cc1. The van der Waals surface area contributed by atoms with Crippen molar-refractivity contribution in [2.24, 2.45) is 0 Å². The van der Waals surface area contributed by atoms with Gasteiger partial charge in [0.2, 0.25) is 5.91 Å². The van der Waals surface area contributed by atoms with Gasteiger partial charge in [0.1, 0.15) is 18.3 Å². The van der Waals surface area contributed by atoms with Crippen molar-refractivity contribution in [1.29, 1.82) is 0 Å². The third-order valence-corrected chi connectivity index (χ3v) is 7.35. The van der Waals surface area contributed by atoms with Crippen LogP contribution in [-0.4, -0.2) is 41.0 Å². The fourth-order valence-electron chi connectivity index (χ4n) is 5.31. The van der Waals surface area contributed by atoms with Gasteiger partial charge in [0.15, 0.2) is 0 Å². The Morgan fingerprint density at radius 3 is 2.30 bits per heavy atom. The fourth-order valence-corrected chi connectivity index (χ4v) is 5.31.